The van der Waals surface area contributed by atoms with Crippen molar-refractivity contribution in [3.8, 4) is 0 Å². The fraction of sp³-hybridized carbons (Fsp3) is 1.00. The van der Waals surface area contributed by atoms with Crippen LogP contribution in [0, 0.1) is 5.92 Å². The van der Waals surface area contributed by atoms with Gasteiger partial charge >= 0.3 is 0 Å². The molecule has 0 spiro atoms. The predicted molar refractivity (Wildman–Crippen MR) is 69.3 cm³/mol. The van der Waals surface area contributed by atoms with E-state index in [-0.39, 0.29) is 11.7 Å². The highest BCUT2D eigenvalue weighted by molar-refractivity contribution is 4.96. The fourth-order valence-corrected chi connectivity index (χ4v) is 3.36. The van der Waals surface area contributed by atoms with Crippen LogP contribution >= 0.6 is 0 Å². The summed E-state index contributed by atoms with van der Waals surface area (Å²) < 4.78 is 17.0. The van der Waals surface area contributed by atoms with Gasteiger partial charge in [0.25, 0.3) is 0 Å². The zero-order valence-corrected chi connectivity index (χ0v) is 11.8. The summed E-state index contributed by atoms with van der Waals surface area (Å²) >= 11 is 0. The molecule has 0 aromatic carbocycles. The molecule has 2 unspecified atom stereocenters. The lowest BCUT2D eigenvalue weighted by Gasteiger charge is -2.45. The Hall–Kier alpha value is -0.120. The van der Waals surface area contributed by atoms with Gasteiger partial charge < -0.3 is 14.2 Å². The first kappa shape index (κ1) is 14.9. The Kier molecular flexibility index (Phi) is 6.45. The van der Waals surface area contributed by atoms with E-state index < -0.39 is 0 Å². The van der Waals surface area contributed by atoms with Crippen molar-refractivity contribution in [3.05, 3.63) is 0 Å². The van der Waals surface area contributed by atoms with Crippen molar-refractivity contribution in [2.45, 2.75) is 57.2 Å². The zero-order chi connectivity index (χ0) is 12.7. The largest absolute Gasteiger partial charge is 0.382 e. The number of methoxy groups -OCH3 is 3. The Bertz CT molecular complexity index is 198. The maximum absolute atomic E-state index is 5.91. The van der Waals surface area contributed by atoms with Gasteiger partial charge in [-0.25, -0.2) is 0 Å². The molecule has 3 nitrogen and oxygen atoms in total. The Balaban J connectivity index is 2.87. The van der Waals surface area contributed by atoms with Gasteiger partial charge in [-0.2, -0.15) is 0 Å². The standard InChI is InChI=1S/C14H28O3/c1-5-13(16-3)14(17-4,11-15-2)12-9-7-6-8-10-12/h12-13H,5-11H2,1-4H3. The minimum absolute atomic E-state index is 0.121. The van der Waals surface area contributed by atoms with Gasteiger partial charge in [0.15, 0.2) is 0 Å². The molecule has 0 heterocycles. The lowest BCUT2D eigenvalue weighted by Crippen LogP contribution is -2.55. The molecule has 0 bridgehead atoms. The third-order valence-electron chi connectivity index (χ3n) is 4.25. The molecule has 1 fully saturated rings. The summed E-state index contributed by atoms with van der Waals surface area (Å²) in [6.45, 7) is 2.78. The molecular formula is C14H28O3. The van der Waals surface area contributed by atoms with Crippen molar-refractivity contribution in [1.82, 2.24) is 0 Å². The molecule has 3 heteroatoms. The summed E-state index contributed by atoms with van der Waals surface area (Å²) in [6, 6.07) is 0. The van der Waals surface area contributed by atoms with Crippen LogP contribution in [0.5, 0.6) is 0 Å². The zero-order valence-electron chi connectivity index (χ0n) is 11.8. The van der Waals surface area contributed by atoms with Gasteiger partial charge in [0, 0.05) is 21.3 Å². The first-order valence-corrected chi connectivity index (χ1v) is 6.82. The normalized spacial score (nSPS) is 23.3. The van der Waals surface area contributed by atoms with E-state index in [4.69, 9.17) is 14.2 Å². The van der Waals surface area contributed by atoms with Crippen molar-refractivity contribution >= 4 is 0 Å². The number of rotatable bonds is 7. The second-order valence-electron chi connectivity index (χ2n) is 5.06. The van der Waals surface area contributed by atoms with Crippen LogP contribution in [0.4, 0.5) is 0 Å². The van der Waals surface area contributed by atoms with E-state index >= 15 is 0 Å². The van der Waals surface area contributed by atoms with E-state index in [0.29, 0.717) is 12.5 Å². The van der Waals surface area contributed by atoms with Crippen molar-refractivity contribution in [1.29, 1.82) is 0 Å². The van der Waals surface area contributed by atoms with Crippen LogP contribution in [0.3, 0.4) is 0 Å². The lowest BCUT2D eigenvalue weighted by atomic mass is 9.73. The highest BCUT2D eigenvalue weighted by Gasteiger charge is 2.45. The average Bonchev–Trinajstić information content (AvgIpc) is 2.40. The summed E-state index contributed by atoms with van der Waals surface area (Å²) in [4.78, 5) is 0. The van der Waals surface area contributed by atoms with Gasteiger partial charge in [-0.05, 0) is 25.2 Å². The summed E-state index contributed by atoms with van der Waals surface area (Å²) in [6.07, 6.45) is 7.51. The molecule has 1 aliphatic carbocycles. The van der Waals surface area contributed by atoms with Gasteiger partial charge in [0.1, 0.15) is 5.60 Å². The van der Waals surface area contributed by atoms with Crippen LogP contribution in [0.15, 0.2) is 0 Å². The van der Waals surface area contributed by atoms with Gasteiger partial charge in [0.2, 0.25) is 0 Å². The van der Waals surface area contributed by atoms with E-state index in [1.165, 1.54) is 32.1 Å². The third kappa shape index (κ3) is 3.21. The van der Waals surface area contributed by atoms with Gasteiger partial charge in [-0.1, -0.05) is 26.2 Å². The number of hydrogen-bond acceptors (Lipinski definition) is 3. The molecular weight excluding hydrogens is 216 g/mol. The molecule has 0 amide bonds. The third-order valence-corrected chi connectivity index (χ3v) is 4.25. The average molecular weight is 244 g/mol. The van der Waals surface area contributed by atoms with Gasteiger partial charge in [0.05, 0.1) is 12.7 Å². The molecule has 0 aromatic heterocycles. The van der Waals surface area contributed by atoms with Crippen molar-refractivity contribution in [2.75, 3.05) is 27.9 Å². The van der Waals surface area contributed by atoms with Gasteiger partial charge in [-0.3, -0.25) is 0 Å². The van der Waals surface area contributed by atoms with E-state index in [0.717, 1.165) is 6.42 Å². The maximum Gasteiger partial charge on any atom is 0.120 e. The van der Waals surface area contributed by atoms with Gasteiger partial charge in [-0.15, -0.1) is 0 Å². The molecule has 0 N–H and O–H groups in total. The Morgan fingerprint density at radius 2 is 1.76 bits per heavy atom. The maximum atomic E-state index is 5.91. The van der Waals surface area contributed by atoms with E-state index in [1.807, 2.05) is 0 Å². The Morgan fingerprint density at radius 1 is 1.12 bits per heavy atom. The first-order chi connectivity index (χ1) is 8.25. The molecule has 0 aromatic rings. The molecule has 1 aliphatic rings. The summed E-state index contributed by atoms with van der Waals surface area (Å²) in [5.74, 6) is 0.561. The molecule has 2 atom stereocenters. The topological polar surface area (TPSA) is 27.7 Å². The van der Waals surface area contributed by atoms with E-state index in [1.54, 1.807) is 21.3 Å². The van der Waals surface area contributed by atoms with Crippen LogP contribution in [-0.4, -0.2) is 39.6 Å². The van der Waals surface area contributed by atoms with Crippen LogP contribution in [0.2, 0.25) is 0 Å². The van der Waals surface area contributed by atoms with E-state index in [9.17, 15) is 0 Å². The van der Waals surface area contributed by atoms with Crippen LogP contribution in [0.1, 0.15) is 45.4 Å². The highest BCUT2D eigenvalue weighted by atomic mass is 16.6. The van der Waals surface area contributed by atoms with E-state index in [2.05, 4.69) is 6.92 Å². The monoisotopic (exact) mass is 244 g/mol. The second-order valence-corrected chi connectivity index (χ2v) is 5.06. The molecule has 0 aliphatic heterocycles. The predicted octanol–water partition coefficient (Wildman–Crippen LogP) is 3.02. The summed E-state index contributed by atoms with van der Waals surface area (Å²) in [7, 11) is 5.33. The van der Waals surface area contributed by atoms with Crippen LogP contribution in [0.25, 0.3) is 0 Å². The first-order valence-electron chi connectivity index (χ1n) is 6.82. The van der Waals surface area contributed by atoms with Crippen molar-refractivity contribution < 1.29 is 14.2 Å². The van der Waals surface area contributed by atoms with Crippen molar-refractivity contribution in [2.24, 2.45) is 5.92 Å². The number of ether oxygens (including phenoxy) is 3. The quantitative estimate of drug-likeness (QED) is 0.689. The highest BCUT2D eigenvalue weighted by Crippen LogP contribution is 2.39. The molecule has 1 rings (SSSR count). The smallest absolute Gasteiger partial charge is 0.120 e. The minimum Gasteiger partial charge on any atom is -0.382 e. The minimum atomic E-state index is -0.265. The molecule has 1 saturated carbocycles. The lowest BCUT2D eigenvalue weighted by molar-refractivity contribution is -0.183. The van der Waals surface area contributed by atoms with Crippen LogP contribution < -0.4 is 0 Å². The molecule has 17 heavy (non-hydrogen) atoms. The summed E-state index contributed by atoms with van der Waals surface area (Å²) in [5.41, 5.74) is -0.265. The molecule has 102 valence electrons. The molecule has 0 radical (unpaired) electrons. The van der Waals surface area contributed by atoms with Crippen LogP contribution in [-0.2, 0) is 14.2 Å². The fourth-order valence-electron chi connectivity index (χ4n) is 3.36. The Morgan fingerprint density at radius 3 is 2.18 bits per heavy atom. The summed E-state index contributed by atoms with van der Waals surface area (Å²) in [5, 5.41) is 0. The molecule has 0 saturated heterocycles. The SMILES string of the molecule is CCC(OC)C(COC)(OC)C1CCCCC1. The Labute approximate surface area is 106 Å². The second kappa shape index (κ2) is 7.34. The number of hydrogen-bond donors (Lipinski definition) is 0. The van der Waals surface area contributed by atoms with Crippen molar-refractivity contribution in [3.63, 3.8) is 0 Å².